The first-order valence-electron chi connectivity index (χ1n) is 3.96. The topological polar surface area (TPSA) is 3.24 Å². The highest BCUT2D eigenvalue weighted by Crippen LogP contribution is 2.04. The van der Waals surface area contributed by atoms with E-state index in [-0.39, 0.29) is 0 Å². The fraction of sp³-hybridized carbons (Fsp3) is 0.400. The summed E-state index contributed by atoms with van der Waals surface area (Å²) in [6, 6.07) is 0. The zero-order valence-corrected chi connectivity index (χ0v) is 7.25. The summed E-state index contributed by atoms with van der Waals surface area (Å²) in [6.07, 6.45) is 11.9. The van der Waals surface area contributed by atoms with E-state index >= 15 is 0 Å². The Bertz CT molecular complexity index is 197. The van der Waals surface area contributed by atoms with Crippen LogP contribution in [0, 0.1) is 0 Å². The molecule has 0 bridgehead atoms. The SMILES string of the molecule is CN(C)CC1=CC=CCC=C1. The highest BCUT2D eigenvalue weighted by atomic mass is 15.0. The van der Waals surface area contributed by atoms with Crippen LogP contribution in [0.1, 0.15) is 6.42 Å². The molecule has 0 spiro atoms. The summed E-state index contributed by atoms with van der Waals surface area (Å²) in [5.74, 6) is 0. The molecule has 0 heterocycles. The molecule has 1 heteroatoms. The molecule has 0 unspecified atom stereocenters. The summed E-state index contributed by atoms with van der Waals surface area (Å²) in [6.45, 7) is 1.03. The summed E-state index contributed by atoms with van der Waals surface area (Å²) in [5.41, 5.74) is 1.38. The van der Waals surface area contributed by atoms with Crippen molar-refractivity contribution in [2.24, 2.45) is 0 Å². The summed E-state index contributed by atoms with van der Waals surface area (Å²) < 4.78 is 0. The summed E-state index contributed by atoms with van der Waals surface area (Å²) >= 11 is 0. The molecule has 60 valence electrons. The molecule has 0 saturated carbocycles. The van der Waals surface area contributed by atoms with Crippen LogP contribution in [0.3, 0.4) is 0 Å². The minimum atomic E-state index is 1.03. The van der Waals surface area contributed by atoms with Crippen LogP contribution in [-0.2, 0) is 0 Å². The Balaban J connectivity index is 2.55. The summed E-state index contributed by atoms with van der Waals surface area (Å²) in [5, 5.41) is 0. The second-order valence-electron chi connectivity index (χ2n) is 3.05. The van der Waals surface area contributed by atoms with Crippen molar-refractivity contribution < 1.29 is 0 Å². The predicted octanol–water partition coefficient (Wildman–Crippen LogP) is 1.99. The lowest BCUT2D eigenvalue weighted by Gasteiger charge is -2.08. The minimum absolute atomic E-state index is 1.03. The molecule has 1 aliphatic carbocycles. The zero-order chi connectivity index (χ0) is 8.10. The third-order valence-electron chi connectivity index (χ3n) is 1.55. The van der Waals surface area contributed by atoms with Gasteiger partial charge in [0, 0.05) is 6.54 Å². The molecule has 11 heavy (non-hydrogen) atoms. The second-order valence-corrected chi connectivity index (χ2v) is 3.05. The molecule has 0 atom stereocenters. The first-order valence-corrected chi connectivity index (χ1v) is 3.96. The first-order chi connectivity index (χ1) is 5.29. The number of rotatable bonds is 2. The summed E-state index contributed by atoms with van der Waals surface area (Å²) in [7, 11) is 4.17. The molecule has 1 rings (SSSR count). The Labute approximate surface area is 68.7 Å². The van der Waals surface area contributed by atoms with Crippen LogP contribution in [0.4, 0.5) is 0 Å². The van der Waals surface area contributed by atoms with Gasteiger partial charge in [0.15, 0.2) is 0 Å². The number of allylic oxidation sites excluding steroid dienone is 4. The molecule has 0 saturated heterocycles. The van der Waals surface area contributed by atoms with E-state index in [4.69, 9.17) is 0 Å². The molecule has 0 aromatic heterocycles. The normalized spacial score (nSPS) is 16.8. The lowest BCUT2D eigenvalue weighted by molar-refractivity contribution is 0.449. The fourth-order valence-corrected chi connectivity index (χ4v) is 1.09. The van der Waals surface area contributed by atoms with Gasteiger partial charge in [0.05, 0.1) is 0 Å². The Morgan fingerprint density at radius 1 is 1.36 bits per heavy atom. The van der Waals surface area contributed by atoms with Gasteiger partial charge in [-0.05, 0) is 26.1 Å². The van der Waals surface area contributed by atoms with Gasteiger partial charge < -0.3 is 4.90 Å². The van der Waals surface area contributed by atoms with Gasteiger partial charge in [0.25, 0.3) is 0 Å². The molecule has 0 fully saturated rings. The fourth-order valence-electron chi connectivity index (χ4n) is 1.09. The van der Waals surface area contributed by atoms with Crippen LogP contribution in [0.5, 0.6) is 0 Å². The molecular weight excluding hydrogens is 134 g/mol. The van der Waals surface area contributed by atoms with Crippen molar-refractivity contribution in [2.75, 3.05) is 20.6 Å². The standard InChI is InChI=1S/C10H15N/c1-11(2)9-10-7-5-3-4-6-8-10/h3,5-8H,4,9H2,1-2H3. The molecule has 0 aromatic carbocycles. The third-order valence-corrected chi connectivity index (χ3v) is 1.55. The molecular formula is C10H15N. The van der Waals surface area contributed by atoms with Gasteiger partial charge in [-0.25, -0.2) is 0 Å². The molecule has 0 aliphatic heterocycles. The van der Waals surface area contributed by atoms with E-state index in [0.717, 1.165) is 13.0 Å². The number of likely N-dealkylation sites (N-methyl/N-ethyl adjacent to an activating group) is 1. The van der Waals surface area contributed by atoms with E-state index in [1.54, 1.807) is 0 Å². The van der Waals surface area contributed by atoms with E-state index in [1.807, 2.05) is 0 Å². The van der Waals surface area contributed by atoms with E-state index in [1.165, 1.54) is 5.57 Å². The average molecular weight is 149 g/mol. The highest BCUT2D eigenvalue weighted by Gasteiger charge is 1.94. The largest absolute Gasteiger partial charge is 0.305 e. The lowest BCUT2D eigenvalue weighted by Crippen LogP contribution is -2.14. The maximum absolute atomic E-state index is 2.19. The van der Waals surface area contributed by atoms with E-state index in [2.05, 4.69) is 49.4 Å². The molecule has 0 radical (unpaired) electrons. The Morgan fingerprint density at radius 2 is 2.18 bits per heavy atom. The van der Waals surface area contributed by atoms with E-state index < -0.39 is 0 Å². The van der Waals surface area contributed by atoms with Gasteiger partial charge in [-0.3, -0.25) is 0 Å². The lowest BCUT2D eigenvalue weighted by atomic mass is 10.2. The van der Waals surface area contributed by atoms with Crippen LogP contribution in [-0.4, -0.2) is 25.5 Å². The third kappa shape index (κ3) is 3.19. The van der Waals surface area contributed by atoms with Gasteiger partial charge in [0.1, 0.15) is 0 Å². The van der Waals surface area contributed by atoms with Gasteiger partial charge in [-0.15, -0.1) is 0 Å². The molecule has 1 aliphatic rings. The molecule has 1 nitrogen and oxygen atoms in total. The predicted molar refractivity (Wildman–Crippen MR) is 49.5 cm³/mol. The minimum Gasteiger partial charge on any atom is -0.305 e. The first kappa shape index (κ1) is 8.28. The summed E-state index contributed by atoms with van der Waals surface area (Å²) in [4.78, 5) is 2.18. The van der Waals surface area contributed by atoms with Gasteiger partial charge in [0.2, 0.25) is 0 Å². The zero-order valence-electron chi connectivity index (χ0n) is 7.25. The Hall–Kier alpha value is -0.820. The van der Waals surface area contributed by atoms with Crippen molar-refractivity contribution in [1.82, 2.24) is 4.90 Å². The van der Waals surface area contributed by atoms with Crippen LogP contribution in [0.15, 0.2) is 36.0 Å². The van der Waals surface area contributed by atoms with E-state index in [0.29, 0.717) is 0 Å². The Kier molecular flexibility index (Phi) is 3.12. The van der Waals surface area contributed by atoms with Crippen molar-refractivity contribution in [3.05, 3.63) is 36.0 Å². The molecule has 0 N–H and O–H groups in total. The smallest absolute Gasteiger partial charge is 0.0227 e. The van der Waals surface area contributed by atoms with Crippen LogP contribution in [0.25, 0.3) is 0 Å². The van der Waals surface area contributed by atoms with Crippen molar-refractivity contribution in [3.63, 3.8) is 0 Å². The highest BCUT2D eigenvalue weighted by molar-refractivity contribution is 5.28. The molecule has 0 amide bonds. The van der Waals surface area contributed by atoms with Crippen LogP contribution in [0.2, 0.25) is 0 Å². The monoisotopic (exact) mass is 149 g/mol. The van der Waals surface area contributed by atoms with E-state index in [9.17, 15) is 0 Å². The van der Waals surface area contributed by atoms with Crippen molar-refractivity contribution >= 4 is 0 Å². The number of hydrogen-bond donors (Lipinski definition) is 0. The van der Waals surface area contributed by atoms with Crippen molar-refractivity contribution in [1.29, 1.82) is 0 Å². The number of nitrogens with zero attached hydrogens (tertiary/aromatic N) is 1. The molecule has 0 aromatic rings. The van der Waals surface area contributed by atoms with Crippen LogP contribution < -0.4 is 0 Å². The maximum atomic E-state index is 2.19. The van der Waals surface area contributed by atoms with Crippen molar-refractivity contribution in [3.8, 4) is 0 Å². The van der Waals surface area contributed by atoms with Gasteiger partial charge >= 0.3 is 0 Å². The Morgan fingerprint density at radius 3 is 2.91 bits per heavy atom. The van der Waals surface area contributed by atoms with Crippen LogP contribution >= 0.6 is 0 Å². The van der Waals surface area contributed by atoms with Gasteiger partial charge in [-0.1, -0.05) is 30.4 Å². The second kappa shape index (κ2) is 4.14. The quantitative estimate of drug-likeness (QED) is 0.580. The average Bonchev–Trinajstić information content (AvgIpc) is 2.14. The van der Waals surface area contributed by atoms with Gasteiger partial charge in [-0.2, -0.15) is 0 Å². The maximum Gasteiger partial charge on any atom is 0.0227 e. The number of hydrogen-bond acceptors (Lipinski definition) is 1. The van der Waals surface area contributed by atoms with Crippen molar-refractivity contribution in [2.45, 2.75) is 6.42 Å².